The molecule has 0 saturated heterocycles. The quantitative estimate of drug-likeness (QED) is 0.0282. The van der Waals surface area contributed by atoms with Crippen molar-refractivity contribution in [3.63, 3.8) is 0 Å². The van der Waals surface area contributed by atoms with Crippen molar-refractivity contribution in [2.45, 2.75) is 225 Å². The summed E-state index contributed by atoms with van der Waals surface area (Å²) in [5, 5.41) is 0. The largest absolute Gasteiger partial charge is 0.472 e. The summed E-state index contributed by atoms with van der Waals surface area (Å²) in [6.07, 6.45) is 37.2. The van der Waals surface area contributed by atoms with Gasteiger partial charge in [0.15, 0.2) is 6.10 Å². The predicted molar refractivity (Wildman–Crippen MR) is 225 cm³/mol. The highest BCUT2D eigenvalue weighted by Gasteiger charge is 2.27. The summed E-state index contributed by atoms with van der Waals surface area (Å²) in [4.78, 5) is 35.3. The third-order valence-corrected chi connectivity index (χ3v) is 11.1. The molecule has 0 saturated carbocycles. The van der Waals surface area contributed by atoms with E-state index in [1.54, 1.807) is 0 Å². The van der Waals surface area contributed by atoms with Crippen LogP contribution < -0.4 is 0 Å². The van der Waals surface area contributed by atoms with E-state index in [4.69, 9.17) is 18.5 Å². The second-order valence-corrected chi connectivity index (χ2v) is 18.3. The van der Waals surface area contributed by atoms with Gasteiger partial charge in [0.2, 0.25) is 0 Å². The summed E-state index contributed by atoms with van der Waals surface area (Å²) < 4.78 is 34.3. The Labute approximate surface area is 334 Å². The van der Waals surface area contributed by atoms with E-state index in [0.717, 1.165) is 38.5 Å². The average molecular weight is 791 g/mol. The van der Waals surface area contributed by atoms with Crippen LogP contribution in [0.3, 0.4) is 0 Å². The highest BCUT2D eigenvalue weighted by molar-refractivity contribution is 7.47. The molecule has 0 radical (unpaired) electrons. The first-order chi connectivity index (χ1) is 26.0. The monoisotopic (exact) mass is 791 g/mol. The van der Waals surface area contributed by atoms with Gasteiger partial charge in [-0.3, -0.25) is 18.6 Å². The molecule has 9 nitrogen and oxygen atoms in total. The number of hydrogen-bond acceptors (Lipinski definition) is 7. The van der Waals surface area contributed by atoms with Gasteiger partial charge >= 0.3 is 19.8 Å². The maximum absolute atomic E-state index is 12.6. The first kappa shape index (κ1) is 53.0. The molecule has 54 heavy (non-hydrogen) atoms. The van der Waals surface area contributed by atoms with E-state index in [-0.39, 0.29) is 25.6 Å². The minimum Gasteiger partial charge on any atom is -0.462 e. The molecule has 0 spiro atoms. The number of hydrogen-bond donors (Lipinski definition) is 1. The first-order valence-corrected chi connectivity index (χ1v) is 24.3. The molecule has 2 unspecified atom stereocenters. The molecule has 0 aliphatic carbocycles. The van der Waals surface area contributed by atoms with Crippen LogP contribution in [0.5, 0.6) is 0 Å². The van der Waals surface area contributed by atoms with Crippen molar-refractivity contribution < 1.29 is 42.1 Å². The van der Waals surface area contributed by atoms with Gasteiger partial charge in [-0.05, 0) is 12.8 Å². The van der Waals surface area contributed by atoms with Crippen LogP contribution in [0.2, 0.25) is 0 Å². The highest BCUT2D eigenvalue weighted by atomic mass is 31.2. The summed E-state index contributed by atoms with van der Waals surface area (Å²) in [6, 6.07) is 0. The third kappa shape index (κ3) is 40.7. The van der Waals surface area contributed by atoms with Gasteiger partial charge in [-0.2, -0.15) is 0 Å². The summed E-state index contributed by atoms with van der Waals surface area (Å²) >= 11 is 0. The van der Waals surface area contributed by atoms with E-state index in [2.05, 4.69) is 13.8 Å². The van der Waals surface area contributed by atoms with Gasteiger partial charge < -0.3 is 18.9 Å². The maximum atomic E-state index is 12.6. The van der Waals surface area contributed by atoms with E-state index in [1.807, 2.05) is 21.1 Å². The molecular formula is C44H89NO8P+. The minimum atomic E-state index is -4.36. The van der Waals surface area contributed by atoms with Crippen LogP contribution in [0.1, 0.15) is 219 Å². The number of quaternary nitrogens is 1. The Morgan fingerprint density at radius 2 is 0.833 bits per heavy atom. The number of carbonyl (C=O) groups excluding carboxylic acids is 2. The average Bonchev–Trinajstić information content (AvgIpc) is 3.12. The van der Waals surface area contributed by atoms with Crippen LogP contribution in [0.15, 0.2) is 0 Å². The highest BCUT2D eigenvalue weighted by Crippen LogP contribution is 2.43. The van der Waals surface area contributed by atoms with Crippen molar-refractivity contribution in [3.05, 3.63) is 0 Å². The zero-order valence-corrected chi connectivity index (χ0v) is 37.1. The fourth-order valence-corrected chi connectivity index (χ4v) is 7.29. The zero-order valence-electron chi connectivity index (χ0n) is 36.2. The molecule has 0 heterocycles. The molecule has 10 heteroatoms. The molecular weight excluding hydrogens is 701 g/mol. The van der Waals surface area contributed by atoms with Gasteiger partial charge in [-0.25, -0.2) is 4.57 Å². The molecule has 0 aromatic heterocycles. The normalized spacial score (nSPS) is 13.5. The Hall–Kier alpha value is -0.990. The standard InChI is InChI=1S/C44H88NO8P/c1-6-8-10-12-14-16-18-19-20-21-22-23-24-25-27-28-30-32-34-36-43(46)50-40-42(41-52-54(48,49)51-39-38-45(3,4)5)53-44(47)37-35-33-31-29-26-17-15-13-11-9-7-2/h42H,6-41H2,1-5H3/p+1. The molecule has 0 aromatic rings. The lowest BCUT2D eigenvalue weighted by Crippen LogP contribution is -2.37. The van der Waals surface area contributed by atoms with Crippen molar-refractivity contribution in [3.8, 4) is 0 Å². The lowest BCUT2D eigenvalue weighted by atomic mass is 10.0. The van der Waals surface area contributed by atoms with Crippen LogP contribution in [-0.4, -0.2) is 74.9 Å². The number of nitrogens with zero attached hydrogens (tertiary/aromatic N) is 1. The van der Waals surface area contributed by atoms with Crippen LogP contribution in [-0.2, 0) is 32.7 Å². The molecule has 0 amide bonds. The van der Waals surface area contributed by atoms with Gasteiger partial charge in [-0.1, -0.05) is 194 Å². The summed E-state index contributed by atoms with van der Waals surface area (Å²) in [7, 11) is 1.49. The fraction of sp³-hybridized carbons (Fsp3) is 0.955. The van der Waals surface area contributed by atoms with Crippen LogP contribution in [0.4, 0.5) is 0 Å². The molecule has 0 aromatic carbocycles. The Morgan fingerprint density at radius 1 is 0.500 bits per heavy atom. The lowest BCUT2D eigenvalue weighted by molar-refractivity contribution is -0.870. The predicted octanol–water partition coefficient (Wildman–Crippen LogP) is 12.8. The number of unbranched alkanes of at least 4 members (excludes halogenated alkanes) is 28. The molecule has 0 aliphatic rings. The van der Waals surface area contributed by atoms with Crippen molar-refractivity contribution in [2.75, 3.05) is 47.5 Å². The second-order valence-electron chi connectivity index (χ2n) is 16.8. The van der Waals surface area contributed by atoms with E-state index in [1.165, 1.54) is 154 Å². The number of phosphoric ester groups is 1. The van der Waals surface area contributed by atoms with Crippen molar-refractivity contribution in [1.29, 1.82) is 0 Å². The number of phosphoric acid groups is 1. The van der Waals surface area contributed by atoms with Crippen LogP contribution >= 0.6 is 7.82 Å². The number of ether oxygens (including phenoxy) is 2. The zero-order chi connectivity index (χ0) is 40.0. The smallest absolute Gasteiger partial charge is 0.462 e. The molecule has 322 valence electrons. The van der Waals surface area contributed by atoms with Gasteiger partial charge in [0, 0.05) is 12.8 Å². The molecule has 1 N–H and O–H groups in total. The summed E-state index contributed by atoms with van der Waals surface area (Å²) in [5.74, 6) is -0.784. The number of esters is 2. The molecule has 0 aliphatic heterocycles. The van der Waals surface area contributed by atoms with Crippen molar-refractivity contribution in [2.24, 2.45) is 0 Å². The third-order valence-electron chi connectivity index (χ3n) is 10.1. The van der Waals surface area contributed by atoms with Gasteiger partial charge in [0.1, 0.15) is 19.8 Å². The van der Waals surface area contributed by atoms with Gasteiger partial charge in [-0.15, -0.1) is 0 Å². The first-order valence-electron chi connectivity index (χ1n) is 22.8. The Bertz CT molecular complexity index is 896. The summed E-state index contributed by atoms with van der Waals surface area (Å²) in [5.41, 5.74) is 0. The van der Waals surface area contributed by atoms with Gasteiger partial charge in [0.25, 0.3) is 0 Å². The SMILES string of the molecule is CCCCCCCCCCCCCCCCCCCCCC(=O)OCC(COP(=O)(O)OCC[N+](C)(C)C)OC(=O)CCCCCCCCCCCCC. The lowest BCUT2D eigenvalue weighted by Gasteiger charge is -2.24. The molecule has 0 bridgehead atoms. The van der Waals surface area contributed by atoms with Crippen LogP contribution in [0, 0.1) is 0 Å². The molecule has 0 fully saturated rings. The van der Waals surface area contributed by atoms with Gasteiger partial charge in [0.05, 0.1) is 27.7 Å². The second kappa shape index (κ2) is 37.6. The molecule has 2 atom stereocenters. The van der Waals surface area contributed by atoms with E-state index in [9.17, 15) is 19.0 Å². The topological polar surface area (TPSA) is 108 Å². The Morgan fingerprint density at radius 3 is 1.19 bits per heavy atom. The van der Waals surface area contributed by atoms with Crippen molar-refractivity contribution in [1.82, 2.24) is 0 Å². The van der Waals surface area contributed by atoms with E-state index >= 15 is 0 Å². The van der Waals surface area contributed by atoms with Crippen LogP contribution in [0.25, 0.3) is 0 Å². The minimum absolute atomic E-state index is 0.0367. The number of likely N-dealkylation sites (N-methyl/N-ethyl adjacent to an activating group) is 1. The fourth-order valence-electron chi connectivity index (χ4n) is 6.54. The Kier molecular flexibility index (Phi) is 36.9. The van der Waals surface area contributed by atoms with E-state index < -0.39 is 26.5 Å². The summed E-state index contributed by atoms with van der Waals surface area (Å²) in [6.45, 7) is 4.45. The number of rotatable bonds is 42. The van der Waals surface area contributed by atoms with Crippen molar-refractivity contribution >= 4 is 19.8 Å². The Balaban J connectivity index is 4.22. The molecule has 0 rings (SSSR count). The maximum Gasteiger partial charge on any atom is 0.472 e. The number of carbonyl (C=O) groups is 2. The van der Waals surface area contributed by atoms with E-state index in [0.29, 0.717) is 17.4 Å².